The molecule has 0 bridgehead atoms. The minimum atomic E-state index is -0.269. The van der Waals surface area contributed by atoms with Gasteiger partial charge in [-0.1, -0.05) is 13.0 Å². The number of ether oxygens (including phenoxy) is 2. The van der Waals surface area contributed by atoms with E-state index in [4.69, 9.17) is 9.47 Å². The van der Waals surface area contributed by atoms with Crippen LogP contribution in [0.2, 0.25) is 0 Å². The van der Waals surface area contributed by atoms with Gasteiger partial charge in [-0.05, 0) is 79.5 Å². The molecule has 0 spiro atoms. The van der Waals surface area contributed by atoms with Crippen LogP contribution >= 0.6 is 0 Å². The van der Waals surface area contributed by atoms with E-state index in [9.17, 15) is 9.59 Å². The van der Waals surface area contributed by atoms with Gasteiger partial charge in [0.25, 0.3) is 6.47 Å². The monoisotopic (exact) mass is 342 g/mol. The van der Waals surface area contributed by atoms with Crippen molar-refractivity contribution in [3.8, 4) is 5.75 Å². The minimum absolute atomic E-state index is 0.0867. The first-order valence-electron chi connectivity index (χ1n) is 9.43. The number of carbonyl (C=O) groups is 2. The van der Waals surface area contributed by atoms with E-state index in [2.05, 4.69) is 13.0 Å². The molecule has 0 heterocycles. The summed E-state index contributed by atoms with van der Waals surface area (Å²) in [7, 11) is 0. The van der Waals surface area contributed by atoms with Gasteiger partial charge in [-0.15, -0.1) is 0 Å². The van der Waals surface area contributed by atoms with Crippen molar-refractivity contribution in [3.05, 3.63) is 29.3 Å². The second-order valence-corrected chi connectivity index (χ2v) is 8.21. The molecular formula is C21H26O4. The fourth-order valence-corrected chi connectivity index (χ4v) is 6.03. The van der Waals surface area contributed by atoms with Crippen LogP contribution in [0.25, 0.3) is 0 Å². The molecule has 0 aliphatic heterocycles. The van der Waals surface area contributed by atoms with E-state index in [-0.39, 0.29) is 17.5 Å². The van der Waals surface area contributed by atoms with Crippen LogP contribution in [0.3, 0.4) is 0 Å². The normalized spacial score (nSPS) is 35.9. The zero-order valence-corrected chi connectivity index (χ0v) is 15.0. The van der Waals surface area contributed by atoms with Crippen molar-refractivity contribution >= 4 is 12.4 Å². The molecule has 3 aliphatic rings. The Morgan fingerprint density at radius 2 is 2.08 bits per heavy atom. The molecule has 5 atom stereocenters. The Kier molecular flexibility index (Phi) is 4.09. The van der Waals surface area contributed by atoms with Crippen LogP contribution in [0.15, 0.2) is 18.2 Å². The number of fused-ring (bicyclic) bond motifs is 5. The van der Waals surface area contributed by atoms with Crippen molar-refractivity contribution < 1.29 is 19.1 Å². The fraction of sp³-hybridized carbons (Fsp3) is 0.619. The van der Waals surface area contributed by atoms with Gasteiger partial charge >= 0.3 is 5.97 Å². The number of hydrogen-bond acceptors (Lipinski definition) is 4. The summed E-state index contributed by atoms with van der Waals surface area (Å²) in [6.45, 7) is 4.40. The summed E-state index contributed by atoms with van der Waals surface area (Å²) in [5.41, 5.74) is 2.91. The molecule has 2 fully saturated rings. The Bertz CT molecular complexity index is 697. The van der Waals surface area contributed by atoms with E-state index in [1.807, 2.05) is 12.1 Å². The third-order valence-corrected chi connectivity index (χ3v) is 7.09. The maximum atomic E-state index is 11.2. The number of hydrogen-bond donors (Lipinski definition) is 0. The molecular weight excluding hydrogens is 316 g/mol. The third kappa shape index (κ3) is 2.66. The predicted molar refractivity (Wildman–Crippen MR) is 93.3 cm³/mol. The Hall–Kier alpha value is -1.84. The van der Waals surface area contributed by atoms with E-state index in [0.717, 1.165) is 32.1 Å². The number of carbonyl (C=O) groups excluding carboxylic acids is 2. The summed E-state index contributed by atoms with van der Waals surface area (Å²) in [4.78, 5) is 22.1. The van der Waals surface area contributed by atoms with Gasteiger partial charge in [-0.2, -0.15) is 0 Å². The second-order valence-electron chi connectivity index (χ2n) is 8.21. The predicted octanol–water partition coefficient (Wildman–Crippen LogP) is 4.01. The Morgan fingerprint density at radius 3 is 2.84 bits per heavy atom. The quantitative estimate of drug-likeness (QED) is 0.473. The lowest BCUT2D eigenvalue weighted by Gasteiger charge is -2.50. The molecule has 0 amide bonds. The average molecular weight is 342 g/mol. The first kappa shape index (κ1) is 16.6. The second kappa shape index (κ2) is 6.15. The lowest BCUT2D eigenvalue weighted by molar-refractivity contribution is -0.142. The van der Waals surface area contributed by atoms with Crippen LogP contribution in [0, 0.1) is 17.3 Å². The molecule has 1 aromatic carbocycles. The van der Waals surface area contributed by atoms with Crippen molar-refractivity contribution in [2.45, 2.75) is 64.4 Å². The average Bonchev–Trinajstić information content (AvgIpc) is 2.91. The van der Waals surface area contributed by atoms with Gasteiger partial charge in [0.1, 0.15) is 11.9 Å². The van der Waals surface area contributed by atoms with E-state index >= 15 is 0 Å². The van der Waals surface area contributed by atoms with Gasteiger partial charge < -0.3 is 9.47 Å². The molecule has 0 unspecified atom stereocenters. The highest BCUT2D eigenvalue weighted by molar-refractivity contribution is 5.69. The molecule has 0 aromatic heterocycles. The number of esters is 1. The maximum absolute atomic E-state index is 11.2. The molecule has 4 rings (SSSR count). The zero-order valence-electron chi connectivity index (χ0n) is 15.0. The van der Waals surface area contributed by atoms with Crippen molar-refractivity contribution in [2.24, 2.45) is 17.3 Å². The summed E-state index contributed by atoms with van der Waals surface area (Å²) >= 11 is 0. The van der Waals surface area contributed by atoms with E-state index in [1.54, 1.807) is 0 Å². The zero-order chi connectivity index (χ0) is 17.6. The lowest BCUT2D eigenvalue weighted by Crippen LogP contribution is -2.44. The first-order chi connectivity index (χ1) is 12.0. The molecule has 134 valence electrons. The van der Waals surface area contributed by atoms with Gasteiger partial charge in [0.15, 0.2) is 0 Å². The summed E-state index contributed by atoms with van der Waals surface area (Å²) in [6, 6.07) is 6.15. The Balaban J connectivity index is 1.60. The summed E-state index contributed by atoms with van der Waals surface area (Å²) in [5.74, 6) is 2.28. The summed E-state index contributed by atoms with van der Waals surface area (Å²) < 4.78 is 10.7. The summed E-state index contributed by atoms with van der Waals surface area (Å²) in [6.07, 6.45) is 6.73. The van der Waals surface area contributed by atoms with Crippen LogP contribution in [0.4, 0.5) is 0 Å². The van der Waals surface area contributed by atoms with E-state index < -0.39 is 0 Å². The maximum Gasteiger partial charge on any atom is 0.308 e. The smallest absolute Gasteiger partial charge is 0.308 e. The standard InChI is InChI=1S/C21H26O4/c1-13(23)25-15-4-6-16-14(11-15)3-5-18-17(16)9-10-21(2)19(18)7-8-20(21)24-12-22/h4,6,11-12,17-20H,3,5,7-10H2,1-2H3/t17-,18-,19+,20+,21+/m1/s1. The minimum Gasteiger partial charge on any atom is -0.464 e. The molecule has 3 aliphatic carbocycles. The molecule has 0 saturated heterocycles. The highest BCUT2D eigenvalue weighted by atomic mass is 16.5. The molecule has 4 heteroatoms. The lowest BCUT2D eigenvalue weighted by atomic mass is 9.55. The van der Waals surface area contributed by atoms with Gasteiger partial charge in [0.2, 0.25) is 0 Å². The number of rotatable bonds is 3. The highest BCUT2D eigenvalue weighted by Crippen LogP contribution is 2.61. The molecule has 1 aromatic rings. The van der Waals surface area contributed by atoms with Gasteiger partial charge in [-0.25, -0.2) is 0 Å². The molecule has 25 heavy (non-hydrogen) atoms. The van der Waals surface area contributed by atoms with E-state index in [1.165, 1.54) is 24.5 Å². The summed E-state index contributed by atoms with van der Waals surface area (Å²) in [5, 5.41) is 0. The molecule has 0 radical (unpaired) electrons. The van der Waals surface area contributed by atoms with Crippen LogP contribution in [0.5, 0.6) is 5.75 Å². The topological polar surface area (TPSA) is 52.6 Å². The van der Waals surface area contributed by atoms with Crippen LogP contribution in [0.1, 0.15) is 63.0 Å². The van der Waals surface area contributed by atoms with Crippen LogP contribution in [-0.2, 0) is 20.7 Å². The van der Waals surface area contributed by atoms with Crippen LogP contribution < -0.4 is 4.74 Å². The third-order valence-electron chi connectivity index (χ3n) is 7.09. The van der Waals surface area contributed by atoms with Crippen LogP contribution in [-0.4, -0.2) is 18.5 Å². The fourth-order valence-electron chi connectivity index (χ4n) is 6.03. The SMILES string of the molecule is CC(=O)Oc1ccc2c(c1)CC[C@@H]1[C@@H]2CC[C@]2(C)[C@@H](OC=O)CC[C@@H]12. The Morgan fingerprint density at radius 1 is 1.24 bits per heavy atom. The van der Waals surface area contributed by atoms with Gasteiger partial charge in [-0.3, -0.25) is 9.59 Å². The molecule has 4 nitrogen and oxygen atoms in total. The van der Waals surface area contributed by atoms with Crippen molar-refractivity contribution in [3.63, 3.8) is 0 Å². The Labute approximate surface area is 148 Å². The largest absolute Gasteiger partial charge is 0.464 e. The van der Waals surface area contributed by atoms with Crippen molar-refractivity contribution in [2.75, 3.05) is 0 Å². The van der Waals surface area contributed by atoms with Gasteiger partial charge in [0, 0.05) is 12.3 Å². The molecule has 0 N–H and O–H groups in total. The number of aryl methyl sites for hydroxylation is 1. The first-order valence-corrected chi connectivity index (χ1v) is 9.43. The number of benzene rings is 1. The van der Waals surface area contributed by atoms with Crippen molar-refractivity contribution in [1.29, 1.82) is 0 Å². The van der Waals surface area contributed by atoms with Gasteiger partial charge in [0.05, 0.1) is 0 Å². The van der Waals surface area contributed by atoms with E-state index in [0.29, 0.717) is 30.0 Å². The highest BCUT2D eigenvalue weighted by Gasteiger charge is 2.55. The molecule has 2 saturated carbocycles. The van der Waals surface area contributed by atoms with Crippen molar-refractivity contribution in [1.82, 2.24) is 0 Å².